The molecule has 1 fully saturated rings. The zero-order valence-corrected chi connectivity index (χ0v) is 14.3. The van der Waals surface area contributed by atoms with Crippen molar-refractivity contribution in [3.63, 3.8) is 0 Å². The number of likely N-dealkylation sites (tertiary alicyclic amines) is 1. The van der Waals surface area contributed by atoms with Gasteiger partial charge in [0.05, 0.1) is 24.1 Å². The molecule has 1 aliphatic heterocycles. The normalized spacial score (nSPS) is 23.0. The van der Waals surface area contributed by atoms with E-state index >= 15 is 0 Å². The molecule has 5 heteroatoms. The van der Waals surface area contributed by atoms with Crippen LogP contribution in [0.2, 0.25) is 0 Å². The summed E-state index contributed by atoms with van der Waals surface area (Å²) in [6, 6.07) is 9.99. The van der Waals surface area contributed by atoms with Gasteiger partial charge in [0.25, 0.3) is 0 Å². The van der Waals surface area contributed by atoms with Crippen LogP contribution >= 0.6 is 11.3 Å². The average Bonchev–Trinajstić information content (AvgIpc) is 3.10. The number of amides is 2. The largest absolute Gasteiger partial charge is 0.277 e. The van der Waals surface area contributed by atoms with E-state index in [1.54, 1.807) is 11.3 Å². The molecule has 0 bridgehead atoms. The Morgan fingerprint density at radius 3 is 2.33 bits per heavy atom. The fraction of sp³-hybridized carbons (Fsp3) is 0.316. The molecule has 2 aliphatic rings. The molecule has 1 aromatic carbocycles. The predicted octanol–water partition coefficient (Wildman–Crippen LogP) is 3.57. The number of carbonyl (C=O) groups excluding carboxylic acids is 2. The molecule has 2 amide bonds. The number of benzene rings is 1. The highest BCUT2D eigenvalue weighted by Gasteiger charge is 2.47. The maximum absolute atomic E-state index is 12.6. The van der Waals surface area contributed by atoms with Crippen LogP contribution in [-0.4, -0.2) is 21.7 Å². The Hall–Kier alpha value is -2.27. The highest BCUT2D eigenvalue weighted by molar-refractivity contribution is 7.15. The molecule has 122 valence electrons. The van der Waals surface area contributed by atoms with Gasteiger partial charge in [-0.05, 0) is 19.8 Å². The van der Waals surface area contributed by atoms with Gasteiger partial charge < -0.3 is 0 Å². The van der Waals surface area contributed by atoms with E-state index in [9.17, 15) is 9.59 Å². The second kappa shape index (κ2) is 5.98. The third-order valence-corrected chi connectivity index (χ3v) is 6.01. The first-order valence-corrected chi connectivity index (χ1v) is 8.98. The van der Waals surface area contributed by atoms with E-state index in [0.29, 0.717) is 19.4 Å². The van der Waals surface area contributed by atoms with Crippen LogP contribution in [0, 0.1) is 18.8 Å². The van der Waals surface area contributed by atoms with Crippen LogP contribution in [0.5, 0.6) is 0 Å². The Labute approximate surface area is 144 Å². The number of thiazole rings is 1. The second-order valence-corrected chi connectivity index (χ2v) is 7.40. The summed E-state index contributed by atoms with van der Waals surface area (Å²) >= 11 is 1.56. The number of hydrogen-bond acceptors (Lipinski definition) is 4. The van der Waals surface area contributed by atoms with Crippen LogP contribution in [-0.2, 0) is 16.1 Å². The van der Waals surface area contributed by atoms with E-state index in [4.69, 9.17) is 0 Å². The van der Waals surface area contributed by atoms with E-state index in [0.717, 1.165) is 21.1 Å². The van der Waals surface area contributed by atoms with Crippen LogP contribution in [0.25, 0.3) is 10.6 Å². The van der Waals surface area contributed by atoms with Gasteiger partial charge >= 0.3 is 0 Å². The maximum Gasteiger partial charge on any atom is 0.233 e. The Kier molecular flexibility index (Phi) is 3.81. The lowest BCUT2D eigenvalue weighted by molar-refractivity contribution is -0.140. The number of allylic oxidation sites excluding steroid dienone is 2. The third-order valence-electron chi connectivity index (χ3n) is 4.81. The second-order valence-electron chi connectivity index (χ2n) is 6.31. The molecular weight excluding hydrogens is 320 g/mol. The standard InChI is InChI=1S/C19H18N2O2S/c1-12-16(24-17(20-12)13-7-3-2-4-8-13)11-21-18(22)14-9-5-6-10-15(14)19(21)23/h2-8,14-15H,9-11H2,1H3/t14-,15-/m1/s1. The van der Waals surface area contributed by atoms with Crippen molar-refractivity contribution in [2.45, 2.75) is 26.3 Å². The molecule has 4 nitrogen and oxygen atoms in total. The molecule has 1 aliphatic carbocycles. The molecule has 2 heterocycles. The molecule has 0 radical (unpaired) electrons. The lowest BCUT2D eigenvalue weighted by Crippen LogP contribution is -2.30. The van der Waals surface area contributed by atoms with Crippen molar-refractivity contribution in [1.82, 2.24) is 9.88 Å². The van der Waals surface area contributed by atoms with Crippen LogP contribution in [0.3, 0.4) is 0 Å². The van der Waals surface area contributed by atoms with Crippen LogP contribution in [0.1, 0.15) is 23.4 Å². The molecule has 24 heavy (non-hydrogen) atoms. The van der Waals surface area contributed by atoms with Gasteiger partial charge in [-0.3, -0.25) is 14.5 Å². The van der Waals surface area contributed by atoms with E-state index in [-0.39, 0.29) is 23.7 Å². The summed E-state index contributed by atoms with van der Waals surface area (Å²) in [6.45, 7) is 2.29. The quantitative estimate of drug-likeness (QED) is 0.635. The summed E-state index contributed by atoms with van der Waals surface area (Å²) in [7, 11) is 0. The number of nitrogens with zero attached hydrogens (tertiary/aromatic N) is 2. The first-order valence-electron chi connectivity index (χ1n) is 8.17. The number of aryl methyl sites for hydroxylation is 1. The smallest absolute Gasteiger partial charge is 0.233 e. The van der Waals surface area contributed by atoms with Gasteiger partial charge in [0.1, 0.15) is 5.01 Å². The number of rotatable bonds is 3. The zero-order valence-electron chi connectivity index (χ0n) is 13.4. The lowest BCUT2D eigenvalue weighted by atomic mass is 9.85. The third kappa shape index (κ3) is 2.49. The number of hydrogen-bond donors (Lipinski definition) is 0. The monoisotopic (exact) mass is 338 g/mol. The van der Waals surface area contributed by atoms with E-state index in [1.807, 2.05) is 49.4 Å². The van der Waals surface area contributed by atoms with Gasteiger partial charge in [0.15, 0.2) is 0 Å². The Morgan fingerprint density at radius 1 is 1.08 bits per heavy atom. The Morgan fingerprint density at radius 2 is 1.71 bits per heavy atom. The minimum Gasteiger partial charge on any atom is -0.277 e. The summed E-state index contributed by atoms with van der Waals surface area (Å²) in [4.78, 5) is 32.2. The molecule has 1 aromatic heterocycles. The molecule has 0 unspecified atom stereocenters. The van der Waals surface area contributed by atoms with E-state index < -0.39 is 0 Å². The minimum absolute atomic E-state index is 0.0246. The highest BCUT2D eigenvalue weighted by Crippen LogP contribution is 2.37. The zero-order chi connectivity index (χ0) is 16.7. The number of aromatic nitrogens is 1. The first-order chi connectivity index (χ1) is 11.6. The summed E-state index contributed by atoms with van der Waals surface area (Å²) < 4.78 is 0. The maximum atomic E-state index is 12.6. The summed E-state index contributed by atoms with van der Waals surface area (Å²) in [5, 5.41) is 0.932. The molecule has 2 aromatic rings. The van der Waals surface area contributed by atoms with Crippen molar-refractivity contribution >= 4 is 23.2 Å². The minimum atomic E-state index is -0.163. The number of imide groups is 1. The van der Waals surface area contributed by atoms with Gasteiger partial charge in [-0.1, -0.05) is 42.5 Å². The number of fused-ring (bicyclic) bond motifs is 1. The topological polar surface area (TPSA) is 50.3 Å². The summed E-state index contributed by atoms with van der Waals surface area (Å²) in [6.07, 6.45) is 5.40. The Balaban J connectivity index is 1.59. The van der Waals surface area contributed by atoms with Gasteiger partial charge in [-0.15, -0.1) is 11.3 Å². The summed E-state index contributed by atoms with van der Waals surface area (Å²) in [5.74, 6) is -0.375. The van der Waals surface area contributed by atoms with Crippen molar-refractivity contribution in [3.8, 4) is 10.6 Å². The summed E-state index contributed by atoms with van der Waals surface area (Å²) in [5.41, 5.74) is 1.96. The van der Waals surface area contributed by atoms with Crippen molar-refractivity contribution in [3.05, 3.63) is 53.1 Å². The van der Waals surface area contributed by atoms with Crippen LogP contribution in [0.4, 0.5) is 0 Å². The van der Waals surface area contributed by atoms with E-state index in [1.165, 1.54) is 4.90 Å². The molecule has 0 spiro atoms. The highest BCUT2D eigenvalue weighted by atomic mass is 32.1. The van der Waals surface area contributed by atoms with Crippen molar-refractivity contribution in [2.24, 2.45) is 11.8 Å². The lowest BCUT2D eigenvalue weighted by Gasteiger charge is -2.14. The fourth-order valence-electron chi connectivity index (χ4n) is 3.45. The molecular formula is C19H18N2O2S. The van der Waals surface area contributed by atoms with Crippen molar-refractivity contribution < 1.29 is 9.59 Å². The average molecular weight is 338 g/mol. The SMILES string of the molecule is Cc1nc(-c2ccccc2)sc1CN1C(=O)[C@@H]2CC=CC[C@H]2C1=O. The molecule has 1 saturated heterocycles. The van der Waals surface area contributed by atoms with Gasteiger partial charge in [-0.25, -0.2) is 4.98 Å². The van der Waals surface area contributed by atoms with Crippen LogP contribution in [0.15, 0.2) is 42.5 Å². The van der Waals surface area contributed by atoms with Gasteiger partial charge in [0.2, 0.25) is 11.8 Å². The number of carbonyl (C=O) groups is 2. The van der Waals surface area contributed by atoms with E-state index in [2.05, 4.69) is 4.98 Å². The molecule has 4 rings (SSSR count). The first kappa shape index (κ1) is 15.3. The molecule has 0 N–H and O–H groups in total. The van der Waals surface area contributed by atoms with Gasteiger partial charge in [-0.2, -0.15) is 0 Å². The molecule has 2 atom stereocenters. The van der Waals surface area contributed by atoms with Gasteiger partial charge in [0, 0.05) is 10.4 Å². The molecule has 0 saturated carbocycles. The Bertz CT molecular complexity index is 799. The van der Waals surface area contributed by atoms with Crippen molar-refractivity contribution in [2.75, 3.05) is 0 Å². The van der Waals surface area contributed by atoms with Crippen molar-refractivity contribution in [1.29, 1.82) is 0 Å². The predicted molar refractivity (Wildman–Crippen MR) is 93.2 cm³/mol. The van der Waals surface area contributed by atoms with Crippen LogP contribution < -0.4 is 0 Å². The fourth-order valence-corrected chi connectivity index (χ4v) is 4.50.